The first-order chi connectivity index (χ1) is 6.65. The Balaban J connectivity index is 2.66. The molecule has 0 saturated carbocycles. The number of hydroxylamine groups is 1. The predicted octanol–water partition coefficient (Wildman–Crippen LogP) is 0.869. The fourth-order valence-corrected chi connectivity index (χ4v) is 0.736. The fraction of sp³-hybridized carbons (Fsp3) is 0.286. The number of furan rings is 1. The fourth-order valence-electron chi connectivity index (χ4n) is 0.736. The zero-order valence-electron chi connectivity index (χ0n) is 7.35. The molecule has 0 aliphatic rings. The highest BCUT2D eigenvalue weighted by Gasteiger charge is 2.16. The Morgan fingerprint density at radius 1 is 1.71 bits per heavy atom. The zero-order valence-corrected chi connectivity index (χ0v) is 7.35. The maximum absolute atomic E-state index is 11.1. The first-order valence-corrected chi connectivity index (χ1v) is 3.81. The van der Waals surface area contributed by atoms with Gasteiger partial charge in [0, 0.05) is 0 Å². The van der Waals surface area contributed by atoms with E-state index < -0.39 is 16.7 Å². The van der Waals surface area contributed by atoms with E-state index in [0.717, 1.165) is 6.07 Å². The monoisotopic (exact) mass is 200 g/mol. The number of nitrogens with zero attached hydrogens (tertiary/aromatic N) is 1. The first-order valence-electron chi connectivity index (χ1n) is 3.81. The summed E-state index contributed by atoms with van der Waals surface area (Å²) >= 11 is 0. The largest absolute Gasteiger partial charge is 0.433 e. The summed E-state index contributed by atoms with van der Waals surface area (Å²) in [6.45, 7) is 1.99. The van der Waals surface area contributed by atoms with Crippen molar-refractivity contribution in [1.82, 2.24) is 5.48 Å². The number of nitrogens with one attached hydrogen (secondary N) is 1. The second-order valence-corrected chi connectivity index (χ2v) is 2.26. The van der Waals surface area contributed by atoms with Crippen LogP contribution in [0.15, 0.2) is 16.5 Å². The third-order valence-corrected chi connectivity index (χ3v) is 1.30. The lowest BCUT2D eigenvalue weighted by molar-refractivity contribution is -0.402. The van der Waals surface area contributed by atoms with Gasteiger partial charge in [-0.3, -0.25) is 19.7 Å². The summed E-state index contributed by atoms with van der Waals surface area (Å²) in [5.74, 6) is -1.29. The van der Waals surface area contributed by atoms with E-state index in [1.165, 1.54) is 6.07 Å². The molecule has 0 atom stereocenters. The molecule has 0 radical (unpaired) electrons. The van der Waals surface area contributed by atoms with Crippen molar-refractivity contribution in [1.29, 1.82) is 0 Å². The number of carbonyl (C=O) groups excluding carboxylic acids is 1. The minimum Gasteiger partial charge on any atom is -0.395 e. The van der Waals surface area contributed by atoms with E-state index in [9.17, 15) is 14.9 Å². The maximum Gasteiger partial charge on any atom is 0.433 e. The van der Waals surface area contributed by atoms with E-state index in [4.69, 9.17) is 0 Å². The number of hydrogen-bond donors (Lipinski definition) is 1. The number of carbonyl (C=O) groups is 1. The first kappa shape index (κ1) is 10.2. The highest BCUT2D eigenvalue weighted by Crippen LogP contribution is 2.15. The molecular formula is C7H8N2O5. The summed E-state index contributed by atoms with van der Waals surface area (Å²) in [5, 5.41) is 10.2. The average molecular weight is 200 g/mol. The normalized spacial score (nSPS) is 9.79. The average Bonchev–Trinajstić information content (AvgIpc) is 2.62. The van der Waals surface area contributed by atoms with Crippen molar-refractivity contribution >= 4 is 11.8 Å². The van der Waals surface area contributed by atoms with E-state index in [2.05, 4.69) is 9.25 Å². The summed E-state index contributed by atoms with van der Waals surface area (Å²) in [4.78, 5) is 25.2. The van der Waals surface area contributed by atoms with E-state index in [1.54, 1.807) is 6.92 Å². The van der Waals surface area contributed by atoms with Crippen LogP contribution in [0.25, 0.3) is 0 Å². The SMILES string of the molecule is CCONC(=O)c1ccc([N+](=O)[O-])o1. The number of amides is 1. The maximum atomic E-state index is 11.1. The van der Waals surface area contributed by atoms with Crippen molar-refractivity contribution in [2.24, 2.45) is 0 Å². The molecule has 1 amide bonds. The van der Waals surface area contributed by atoms with Crippen molar-refractivity contribution in [3.63, 3.8) is 0 Å². The van der Waals surface area contributed by atoms with Gasteiger partial charge in [0.1, 0.15) is 4.92 Å². The lowest BCUT2D eigenvalue weighted by Gasteiger charge is -1.98. The Kier molecular flexibility index (Phi) is 3.19. The van der Waals surface area contributed by atoms with E-state index in [0.29, 0.717) is 6.61 Å². The van der Waals surface area contributed by atoms with Crippen LogP contribution >= 0.6 is 0 Å². The molecule has 1 N–H and O–H groups in total. The van der Waals surface area contributed by atoms with Gasteiger partial charge in [0.15, 0.2) is 0 Å². The van der Waals surface area contributed by atoms with Crippen molar-refractivity contribution in [3.8, 4) is 0 Å². The van der Waals surface area contributed by atoms with Gasteiger partial charge in [-0.05, 0) is 13.0 Å². The molecule has 76 valence electrons. The van der Waals surface area contributed by atoms with Gasteiger partial charge in [-0.15, -0.1) is 0 Å². The summed E-state index contributed by atoms with van der Waals surface area (Å²) in [5.41, 5.74) is 2.05. The molecule has 1 rings (SSSR count). The Bertz CT molecular complexity index is 346. The van der Waals surface area contributed by atoms with Crippen LogP contribution in [0.2, 0.25) is 0 Å². The predicted molar refractivity (Wildman–Crippen MR) is 44.5 cm³/mol. The lowest BCUT2D eigenvalue weighted by atomic mass is 10.4. The van der Waals surface area contributed by atoms with Gasteiger partial charge in [-0.25, -0.2) is 5.48 Å². The Labute approximate surface area is 78.8 Å². The molecule has 0 aliphatic carbocycles. The van der Waals surface area contributed by atoms with Crippen molar-refractivity contribution in [2.45, 2.75) is 6.92 Å². The highest BCUT2D eigenvalue weighted by atomic mass is 16.7. The molecule has 0 aliphatic heterocycles. The van der Waals surface area contributed by atoms with Crippen LogP contribution in [0.1, 0.15) is 17.5 Å². The molecular weight excluding hydrogens is 192 g/mol. The van der Waals surface area contributed by atoms with Crippen molar-refractivity contribution < 1.29 is 19.0 Å². The number of rotatable bonds is 4. The molecule has 7 nitrogen and oxygen atoms in total. The van der Waals surface area contributed by atoms with Gasteiger partial charge in [0.05, 0.1) is 12.7 Å². The van der Waals surface area contributed by atoms with Crippen LogP contribution in [0, 0.1) is 10.1 Å². The third kappa shape index (κ3) is 2.30. The Hall–Kier alpha value is -1.89. The van der Waals surface area contributed by atoms with E-state index in [1.807, 2.05) is 5.48 Å². The molecule has 0 spiro atoms. The number of nitro groups is 1. The van der Waals surface area contributed by atoms with Crippen LogP contribution in [0.3, 0.4) is 0 Å². The minimum atomic E-state index is -0.725. The van der Waals surface area contributed by atoms with Gasteiger partial charge >= 0.3 is 11.8 Å². The summed E-state index contributed by atoms with van der Waals surface area (Å²) in [7, 11) is 0. The van der Waals surface area contributed by atoms with Gasteiger partial charge in [0.25, 0.3) is 0 Å². The molecule has 1 aromatic heterocycles. The van der Waals surface area contributed by atoms with Crippen LogP contribution in [0.5, 0.6) is 0 Å². The minimum absolute atomic E-state index is 0.162. The topological polar surface area (TPSA) is 94.6 Å². The van der Waals surface area contributed by atoms with Gasteiger partial charge in [-0.2, -0.15) is 0 Å². The van der Waals surface area contributed by atoms with Crippen molar-refractivity contribution in [3.05, 3.63) is 28.0 Å². The van der Waals surface area contributed by atoms with Crippen LogP contribution < -0.4 is 5.48 Å². The molecule has 14 heavy (non-hydrogen) atoms. The van der Waals surface area contributed by atoms with Crippen LogP contribution in [0.4, 0.5) is 5.88 Å². The quantitative estimate of drug-likeness (QED) is 0.574. The van der Waals surface area contributed by atoms with E-state index in [-0.39, 0.29) is 5.76 Å². The van der Waals surface area contributed by atoms with E-state index >= 15 is 0 Å². The second-order valence-electron chi connectivity index (χ2n) is 2.26. The summed E-state index contributed by atoms with van der Waals surface area (Å²) in [6.07, 6.45) is 0. The molecule has 0 fully saturated rings. The molecule has 0 bridgehead atoms. The standard InChI is InChI=1S/C7H8N2O5/c1-2-13-8-7(10)5-3-4-6(14-5)9(11)12/h3-4H,2H2,1H3,(H,8,10). The Morgan fingerprint density at radius 2 is 2.43 bits per heavy atom. The summed E-state index contributed by atoms with van der Waals surface area (Å²) < 4.78 is 4.61. The third-order valence-electron chi connectivity index (χ3n) is 1.30. The molecule has 0 unspecified atom stereocenters. The lowest BCUT2D eigenvalue weighted by Crippen LogP contribution is -2.22. The smallest absolute Gasteiger partial charge is 0.395 e. The van der Waals surface area contributed by atoms with Gasteiger partial charge < -0.3 is 4.42 Å². The van der Waals surface area contributed by atoms with Crippen LogP contribution in [-0.2, 0) is 4.84 Å². The second kappa shape index (κ2) is 4.38. The van der Waals surface area contributed by atoms with Crippen molar-refractivity contribution in [2.75, 3.05) is 6.61 Å². The Morgan fingerprint density at radius 3 is 2.93 bits per heavy atom. The highest BCUT2D eigenvalue weighted by molar-refractivity contribution is 5.90. The molecule has 1 aromatic rings. The molecule has 0 saturated heterocycles. The van der Waals surface area contributed by atoms with Crippen LogP contribution in [-0.4, -0.2) is 17.4 Å². The number of hydrogen-bond acceptors (Lipinski definition) is 5. The van der Waals surface area contributed by atoms with Gasteiger partial charge in [-0.1, -0.05) is 0 Å². The molecule has 0 aromatic carbocycles. The van der Waals surface area contributed by atoms with Gasteiger partial charge in [0.2, 0.25) is 5.76 Å². The summed E-state index contributed by atoms with van der Waals surface area (Å²) in [6, 6.07) is 2.30. The molecule has 1 heterocycles. The zero-order chi connectivity index (χ0) is 10.6. The molecule has 7 heteroatoms.